The lowest BCUT2D eigenvalue weighted by Crippen LogP contribution is -2.31. The lowest BCUT2D eigenvalue weighted by Gasteiger charge is -2.27. The van der Waals surface area contributed by atoms with Gasteiger partial charge in [0.1, 0.15) is 0 Å². The number of carbonyl (C=O) groups is 1. The van der Waals surface area contributed by atoms with Crippen molar-refractivity contribution in [2.24, 2.45) is 0 Å². The summed E-state index contributed by atoms with van der Waals surface area (Å²) in [4.78, 5) is 15.3. The number of carbonyl (C=O) groups excluding carboxylic acids is 1. The van der Waals surface area contributed by atoms with Crippen molar-refractivity contribution >= 4 is 21.6 Å². The van der Waals surface area contributed by atoms with Crippen molar-refractivity contribution < 1.29 is 13.2 Å². The molecule has 7 heteroatoms. The van der Waals surface area contributed by atoms with Crippen LogP contribution < -0.4 is 9.62 Å². The van der Waals surface area contributed by atoms with Gasteiger partial charge in [-0.2, -0.15) is 0 Å². The van der Waals surface area contributed by atoms with E-state index in [1.807, 2.05) is 18.2 Å². The topological polar surface area (TPSA) is 69.7 Å². The number of rotatable bonds is 7. The Morgan fingerprint density at radius 1 is 1.00 bits per heavy atom. The van der Waals surface area contributed by atoms with Crippen molar-refractivity contribution in [2.45, 2.75) is 32.4 Å². The van der Waals surface area contributed by atoms with Gasteiger partial charge >= 0.3 is 0 Å². The number of para-hydroxylation sites is 1. The first kappa shape index (κ1) is 21.3. The highest BCUT2D eigenvalue weighted by Gasteiger charge is 2.19. The summed E-state index contributed by atoms with van der Waals surface area (Å²) in [5.41, 5.74) is 3.01. The Hall–Kier alpha value is -2.38. The van der Waals surface area contributed by atoms with E-state index >= 15 is 0 Å². The quantitative estimate of drug-likeness (QED) is 0.755. The summed E-state index contributed by atoms with van der Waals surface area (Å²) in [6.07, 6.45) is 4.90. The van der Waals surface area contributed by atoms with Gasteiger partial charge in [0.2, 0.25) is 10.0 Å². The maximum atomic E-state index is 12.8. The van der Waals surface area contributed by atoms with E-state index < -0.39 is 10.0 Å². The van der Waals surface area contributed by atoms with E-state index in [0.717, 1.165) is 35.8 Å². The minimum absolute atomic E-state index is 0.288. The summed E-state index contributed by atoms with van der Waals surface area (Å²) >= 11 is 0. The van der Waals surface area contributed by atoms with Gasteiger partial charge in [-0.05, 0) is 49.2 Å². The van der Waals surface area contributed by atoms with Gasteiger partial charge in [0.25, 0.3) is 5.91 Å². The molecule has 29 heavy (non-hydrogen) atoms. The van der Waals surface area contributed by atoms with E-state index in [-0.39, 0.29) is 5.91 Å². The summed E-state index contributed by atoms with van der Waals surface area (Å²) in [6, 6.07) is 14.9. The molecule has 1 fully saturated rings. The zero-order valence-electron chi connectivity index (χ0n) is 17.1. The number of benzene rings is 2. The number of hydrogen-bond acceptors (Lipinski definition) is 4. The fourth-order valence-electron chi connectivity index (χ4n) is 3.63. The van der Waals surface area contributed by atoms with Gasteiger partial charge in [0.05, 0.1) is 17.5 Å². The van der Waals surface area contributed by atoms with Gasteiger partial charge in [-0.3, -0.25) is 14.0 Å². The van der Waals surface area contributed by atoms with E-state index in [2.05, 4.69) is 16.3 Å². The SMILES string of the molecule is CN(c1ccccc1C(=O)NCc1ccccc1CN1CCCCC1)S(C)(=O)=O. The molecular weight excluding hydrogens is 386 g/mol. The van der Waals surface area contributed by atoms with Crippen LogP contribution in [0.3, 0.4) is 0 Å². The average molecular weight is 416 g/mol. The summed E-state index contributed by atoms with van der Waals surface area (Å²) in [7, 11) is -2.00. The zero-order valence-corrected chi connectivity index (χ0v) is 17.9. The molecule has 0 spiro atoms. The molecule has 0 saturated carbocycles. The molecule has 1 N–H and O–H groups in total. The van der Waals surface area contributed by atoms with Crippen LogP contribution >= 0.6 is 0 Å². The maximum Gasteiger partial charge on any atom is 0.253 e. The molecule has 2 aromatic carbocycles. The van der Waals surface area contributed by atoms with E-state index in [1.165, 1.54) is 31.9 Å². The minimum atomic E-state index is -3.45. The van der Waals surface area contributed by atoms with E-state index in [4.69, 9.17) is 0 Å². The molecule has 1 heterocycles. The van der Waals surface area contributed by atoms with Crippen LogP contribution in [0.25, 0.3) is 0 Å². The van der Waals surface area contributed by atoms with Gasteiger partial charge < -0.3 is 5.32 Å². The second-order valence-electron chi connectivity index (χ2n) is 7.54. The molecule has 156 valence electrons. The summed E-state index contributed by atoms with van der Waals surface area (Å²) in [5.74, 6) is -0.288. The molecule has 1 saturated heterocycles. The highest BCUT2D eigenvalue weighted by molar-refractivity contribution is 7.92. The Balaban J connectivity index is 1.72. The van der Waals surface area contributed by atoms with Crippen molar-refractivity contribution in [3.63, 3.8) is 0 Å². The fraction of sp³-hybridized carbons (Fsp3) is 0.409. The molecule has 0 bridgehead atoms. The Morgan fingerprint density at radius 3 is 2.31 bits per heavy atom. The van der Waals surface area contributed by atoms with Crippen LogP contribution in [-0.4, -0.2) is 45.6 Å². The number of sulfonamides is 1. The third kappa shape index (κ3) is 5.58. The molecule has 0 atom stereocenters. The van der Waals surface area contributed by atoms with Crippen LogP contribution in [0.15, 0.2) is 48.5 Å². The van der Waals surface area contributed by atoms with Crippen molar-refractivity contribution in [2.75, 3.05) is 30.7 Å². The molecular formula is C22H29N3O3S. The monoisotopic (exact) mass is 415 g/mol. The van der Waals surface area contributed by atoms with Crippen molar-refractivity contribution in [1.29, 1.82) is 0 Å². The molecule has 1 amide bonds. The third-order valence-corrected chi connectivity index (χ3v) is 6.58. The Bertz CT molecular complexity index is 953. The molecule has 3 rings (SSSR count). The maximum absolute atomic E-state index is 12.8. The highest BCUT2D eigenvalue weighted by atomic mass is 32.2. The van der Waals surface area contributed by atoms with Crippen LogP contribution in [-0.2, 0) is 23.1 Å². The lowest BCUT2D eigenvalue weighted by atomic mass is 10.0. The van der Waals surface area contributed by atoms with Crippen molar-refractivity contribution in [3.8, 4) is 0 Å². The molecule has 2 aromatic rings. The van der Waals surface area contributed by atoms with Gasteiger partial charge in [-0.25, -0.2) is 8.42 Å². The van der Waals surface area contributed by atoms with Crippen LogP contribution in [0.4, 0.5) is 5.69 Å². The number of amides is 1. The number of piperidine rings is 1. The number of nitrogens with zero attached hydrogens (tertiary/aromatic N) is 2. The first-order valence-corrected chi connectivity index (χ1v) is 11.8. The predicted octanol–water partition coefficient (Wildman–Crippen LogP) is 3.00. The van der Waals surface area contributed by atoms with Crippen LogP contribution in [0.5, 0.6) is 0 Å². The Morgan fingerprint density at radius 2 is 1.62 bits per heavy atom. The van der Waals surface area contributed by atoms with E-state index in [0.29, 0.717) is 17.8 Å². The van der Waals surface area contributed by atoms with Gasteiger partial charge in [0, 0.05) is 20.1 Å². The molecule has 0 aliphatic carbocycles. The van der Waals surface area contributed by atoms with Crippen LogP contribution in [0.1, 0.15) is 40.7 Å². The number of nitrogens with one attached hydrogen (secondary N) is 1. The second-order valence-corrected chi connectivity index (χ2v) is 9.55. The highest BCUT2D eigenvalue weighted by Crippen LogP contribution is 2.22. The van der Waals surface area contributed by atoms with Gasteiger partial charge in [-0.15, -0.1) is 0 Å². The fourth-order valence-corrected chi connectivity index (χ4v) is 4.15. The lowest BCUT2D eigenvalue weighted by molar-refractivity contribution is 0.0951. The molecule has 1 aliphatic heterocycles. The minimum Gasteiger partial charge on any atom is -0.348 e. The zero-order chi connectivity index (χ0) is 20.9. The molecule has 0 radical (unpaired) electrons. The number of hydrogen-bond donors (Lipinski definition) is 1. The third-order valence-electron chi connectivity index (χ3n) is 5.39. The predicted molar refractivity (Wildman–Crippen MR) is 116 cm³/mol. The summed E-state index contributed by atoms with van der Waals surface area (Å²) in [5, 5.41) is 2.96. The van der Waals surface area contributed by atoms with E-state index in [9.17, 15) is 13.2 Å². The smallest absolute Gasteiger partial charge is 0.253 e. The summed E-state index contributed by atoms with van der Waals surface area (Å²) < 4.78 is 24.9. The number of likely N-dealkylation sites (tertiary alicyclic amines) is 1. The summed E-state index contributed by atoms with van der Waals surface area (Å²) in [6.45, 7) is 3.52. The molecule has 6 nitrogen and oxygen atoms in total. The first-order valence-electron chi connectivity index (χ1n) is 9.96. The Kier molecular flexibility index (Phi) is 6.92. The first-order chi connectivity index (χ1) is 13.9. The Labute approximate surface area is 173 Å². The van der Waals surface area contributed by atoms with Gasteiger partial charge in [0.15, 0.2) is 0 Å². The van der Waals surface area contributed by atoms with Crippen LogP contribution in [0, 0.1) is 0 Å². The van der Waals surface area contributed by atoms with Gasteiger partial charge in [-0.1, -0.05) is 42.8 Å². The average Bonchev–Trinajstić information content (AvgIpc) is 2.72. The van der Waals surface area contributed by atoms with Crippen molar-refractivity contribution in [3.05, 3.63) is 65.2 Å². The second kappa shape index (κ2) is 9.41. The van der Waals surface area contributed by atoms with E-state index in [1.54, 1.807) is 24.3 Å². The van der Waals surface area contributed by atoms with Crippen molar-refractivity contribution in [1.82, 2.24) is 10.2 Å². The normalized spacial score (nSPS) is 15.1. The molecule has 0 unspecified atom stereocenters. The molecule has 1 aliphatic rings. The standard InChI is InChI=1S/C22H29N3O3S/c1-24(29(2,27)28)21-13-7-6-12-20(21)22(26)23-16-18-10-4-5-11-19(18)17-25-14-8-3-9-15-25/h4-7,10-13H,3,8-9,14-17H2,1-2H3,(H,23,26). The van der Waals surface area contributed by atoms with Crippen LogP contribution in [0.2, 0.25) is 0 Å². The largest absolute Gasteiger partial charge is 0.348 e. The number of anilines is 1. The molecule has 0 aromatic heterocycles.